The molecule has 1 aliphatic rings. The van der Waals surface area contributed by atoms with Gasteiger partial charge < -0.3 is 15.4 Å². The summed E-state index contributed by atoms with van der Waals surface area (Å²) in [5.74, 6) is 0.205. The SMILES string of the molecule is CCC(CC)(CN)C(=O)N(C)C1CCOCC1. The predicted octanol–water partition coefficient (Wildman–Crippen LogP) is 1.39. The van der Waals surface area contributed by atoms with Gasteiger partial charge in [-0.1, -0.05) is 13.8 Å². The number of hydrogen-bond acceptors (Lipinski definition) is 3. The molecule has 0 aromatic carbocycles. The average Bonchev–Trinajstić information content (AvgIpc) is 2.41. The van der Waals surface area contributed by atoms with Gasteiger partial charge in [0, 0.05) is 32.8 Å². The van der Waals surface area contributed by atoms with Crippen molar-refractivity contribution < 1.29 is 9.53 Å². The molecule has 4 heteroatoms. The first-order valence-corrected chi connectivity index (χ1v) is 6.66. The van der Waals surface area contributed by atoms with Gasteiger partial charge >= 0.3 is 0 Å². The molecule has 0 aliphatic carbocycles. The molecule has 17 heavy (non-hydrogen) atoms. The van der Waals surface area contributed by atoms with E-state index in [9.17, 15) is 4.79 Å². The zero-order chi connectivity index (χ0) is 12.9. The third kappa shape index (κ3) is 2.99. The van der Waals surface area contributed by atoms with Crippen LogP contribution >= 0.6 is 0 Å². The fraction of sp³-hybridized carbons (Fsp3) is 0.923. The summed E-state index contributed by atoms with van der Waals surface area (Å²) in [6.07, 6.45) is 3.51. The van der Waals surface area contributed by atoms with Crippen LogP contribution in [0.15, 0.2) is 0 Å². The quantitative estimate of drug-likeness (QED) is 0.792. The highest BCUT2D eigenvalue weighted by molar-refractivity contribution is 5.83. The molecular weight excluding hydrogens is 216 g/mol. The Morgan fingerprint density at radius 2 is 1.88 bits per heavy atom. The number of rotatable bonds is 5. The lowest BCUT2D eigenvalue weighted by molar-refractivity contribution is -0.144. The normalized spacial score (nSPS) is 18.1. The Labute approximate surface area is 104 Å². The van der Waals surface area contributed by atoms with E-state index in [0.29, 0.717) is 12.6 Å². The molecule has 2 N–H and O–H groups in total. The van der Waals surface area contributed by atoms with E-state index in [1.54, 1.807) is 0 Å². The fourth-order valence-corrected chi connectivity index (χ4v) is 2.54. The molecule has 0 aromatic heterocycles. The molecule has 0 aromatic rings. The Morgan fingerprint density at radius 1 is 1.35 bits per heavy atom. The van der Waals surface area contributed by atoms with E-state index >= 15 is 0 Å². The molecule has 0 spiro atoms. The second-order valence-corrected chi connectivity index (χ2v) is 4.95. The standard InChI is InChI=1S/C13H26N2O2/c1-4-13(5-2,10-14)12(16)15(3)11-6-8-17-9-7-11/h11H,4-10,14H2,1-3H3. The Morgan fingerprint density at radius 3 is 2.29 bits per heavy atom. The van der Waals surface area contributed by atoms with Gasteiger partial charge in [-0.3, -0.25) is 4.79 Å². The molecule has 0 bridgehead atoms. The molecule has 0 atom stereocenters. The van der Waals surface area contributed by atoms with Gasteiger partial charge in [-0.15, -0.1) is 0 Å². The van der Waals surface area contributed by atoms with E-state index in [1.807, 2.05) is 25.8 Å². The second kappa shape index (κ2) is 6.36. The van der Waals surface area contributed by atoms with Crippen molar-refractivity contribution in [2.75, 3.05) is 26.8 Å². The molecule has 0 unspecified atom stereocenters. The van der Waals surface area contributed by atoms with Gasteiger partial charge in [0.1, 0.15) is 0 Å². The maximum atomic E-state index is 12.6. The number of ether oxygens (including phenoxy) is 1. The van der Waals surface area contributed by atoms with Crippen LogP contribution in [-0.2, 0) is 9.53 Å². The summed E-state index contributed by atoms with van der Waals surface area (Å²) in [5, 5.41) is 0. The van der Waals surface area contributed by atoms with Crippen molar-refractivity contribution in [3.8, 4) is 0 Å². The van der Waals surface area contributed by atoms with Crippen molar-refractivity contribution in [3.05, 3.63) is 0 Å². The molecule has 100 valence electrons. The topological polar surface area (TPSA) is 55.6 Å². The highest BCUT2D eigenvalue weighted by Crippen LogP contribution is 2.29. The van der Waals surface area contributed by atoms with Crippen molar-refractivity contribution in [1.82, 2.24) is 4.90 Å². The van der Waals surface area contributed by atoms with Gasteiger partial charge in [-0.25, -0.2) is 0 Å². The summed E-state index contributed by atoms with van der Waals surface area (Å²) in [6, 6.07) is 0.320. The van der Waals surface area contributed by atoms with Crippen molar-refractivity contribution >= 4 is 5.91 Å². The van der Waals surface area contributed by atoms with Crippen LogP contribution in [0.25, 0.3) is 0 Å². The highest BCUT2D eigenvalue weighted by atomic mass is 16.5. The minimum Gasteiger partial charge on any atom is -0.381 e. The van der Waals surface area contributed by atoms with Gasteiger partial charge in [0.25, 0.3) is 0 Å². The van der Waals surface area contributed by atoms with E-state index in [2.05, 4.69) is 0 Å². The van der Waals surface area contributed by atoms with E-state index < -0.39 is 0 Å². The van der Waals surface area contributed by atoms with Crippen LogP contribution in [0.5, 0.6) is 0 Å². The third-order valence-electron chi connectivity index (χ3n) is 4.26. The van der Waals surface area contributed by atoms with Crippen molar-refractivity contribution in [2.24, 2.45) is 11.1 Å². The van der Waals surface area contributed by atoms with E-state index in [-0.39, 0.29) is 11.3 Å². The summed E-state index contributed by atoms with van der Waals surface area (Å²) in [4.78, 5) is 14.5. The molecule has 1 saturated heterocycles. The maximum absolute atomic E-state index is 12.6. The van der Waals surface area contributed by atoms with Crippen LogP contribution in [0.1, 0.15) is 39.5 Å². The van der Waals surface area contributed by atoms with Crippen LogP contribution in [0.2, 0.25) is 0 Å². The lowest BCUT2D eigenvalue weighted by atomic mass is 9.80. The summed E-state index contributed by atoms with van der Waals surface area (Å²) < 4.78 is 5.33. The third-order valence-corrected chi connectivity index (χ3v) is 4.26. The Balaban J connectivity index is 2.72. The number of nitrogens with zero attached hydrogens (tertiary/aromatic N) is 1. The second-order valence-electron chi connectivity index (χ2n) is 4.95. The Hall–Kier alpha value is -0.610. The molecule has 1 heterocycles. The van der Waals surface area contributed by atoms with Crippen LogP contribution < -0.4 is 5.73 Å². The first kappa shape index (κ1) is 14.5. The fourth-order valence-electron chi connectivity index (χ4n) is 2.54. The van der Waals surface area contributed by atoms with E-state index in [4.69, 9.17) is 10.5 Å². The lowest BCUT2D eigenvalue weighted by Crippen LogP contribution is -2.50. The molecule has 0 saturated carbocycles. The van der Waals surface area contributed by atoms with Gasteiger partial charge in [0.15, 0.2) is 0 Å². The first-order chi connectivity index (χ1) is 8.11. The minimum atomic E-state index is -0.368. The van der Waals surface area contributed by atoms with Gasteiger partial charge in [-0.05, 0) is 25.7 Å². The summed E-state index contributed by atoms with van der Waals surface area (Å²) >= 11 is 0. The zero-order valence-electron chi connectivity index (χ0n) is 11.4. The zero-order valence-corrected chi connectivity index (χ0v) is 11.4. The first-order valence-electron chi connectivity index (χ1n) is 6.66. The number of hydrogen-bond donors (Lipinski definition) is 1. The van der Waals surface area contributed by atoms with Gasteiger partial charge in [0.2, 0.25) is 5.91 Å². The van der Waals surface area contributed by atoms with Gasteiger partial charge in [-0.2, -0.15) is 0 Å². The van der Waals surface area contributed by atoms with Crippen LogP contribution in [-0.4, -0.2) is 43.7 Å². The average molecular weight is 242 g/mol. The number of amides is 1. The number of carbonyl (C=O) groups excluding carboxylic acids is 1. The molecule has 1 rings (SSSR count). The molecule has 1 aliphatic heterocycles. The molecule has 1 amide bonds. The highest BCUT2D eigenvalue weighted by Gasteiger charge is 2.37. The molecule has 1 fully saturated rings. The van der Waals surface area contributed by atoms with E-state index in [0.717, 1.165) is 38.9 Å². The maximum Gasteiger partial charge on any atom is 0.230 e. The molecule has 4 nitrogen and oxygen atoms in total. The smallest absolute Gasteiger partial charge is 0.230 e. The summed E-state index contributed by atoms with van der Waals surface area (Å²) in [6.45, 7) is 6.05. The monoisotopic (exact) mass is 242 g/mol. The van der Waals surface area contributed by atoms with Crippen molar-refractivity contribution in [2.45, 2.75) is 45.6 Å². The van der Waals surface area contributed by atoms with Crippen LogP contribution in [0.3, 0.4) is 0 Å². The van der Waals surface area contributed by atoms with Crippen LogP contribution in [0.4, 0.5) is 0 Å². The number of carbonyl (C=O) groups is 1. The largest absolute Gasteiger partial charge is 0.381 e. The van der Waals surface area contributed by atoms with E-state index in [1.165, 1.54) is 0 Å². The Kier molecular flexibility index (Phi) is 5.40. The van der Waals surface area contributed by atoms with Crippen LogP contribution in [0, 0.1) is 5.41 Å². The Bertz CT molecular complexity index is 238. The number of nitrogens with two attached hydrogens (primary N) is 1. The molecular formula is C13H26N2O2. The lowest BCUT2D eigenvalue weighted by Gasteiger charge is -2.38. The van der Waals surface area contributed by atoms with Crippen molar-refractivity contribution in [1.29, 1.82) is 0 Å². The molecule has 0 radical (unpaired) electrons. The predicted molar refractivity (Wildman–Crippen MR) is 68.7 cm³/mol. The van der Waals surface area contributed by atoms with Crippen molar-refractivity contribution in [3.63, 3.8) is 0 Å². The minimum absolute atomic E-state index is 0.205. The summed E-state index contributed by atoms with van der Waals surface area (Å²) in [7, 11) is 1.91. The van der Waals surface area contributed by atoms with Gasteiger partial charge in [0.05, 0.1) is 5.41 Å². The summed E-state index contributed by atoms with van der Waals surface area (Å²) in [5.41, 5.74) is 5.46.